The van der Waals surface area contributed by atoms with Crippen molar-refractivity contribution in [3.8, 4) is 0 Å². The van der Waals surface area contributed by atoms with Gasteiger partial charge in [0.05, 0.1) is 11.4 Å². The molecule has 0 bridgehead atoms. The van der Waals surface area contributed by atoms with Crippen molar-refractivity contribution < 1.29 is 0 Å². The lowest BCUT2D eigenvalue weighted by Gasteiger charge is -2.19. The van der Waals surface area contributed by atoms with E-state index in [2.05, 4.69) is 22.3 Å². The lowest BCUT2D eigenvalue weighted by Crippen LogP contribution is -2.10. The molecule has 0 unspecified atom stereocenters. The molecule has 0 radical (unpaired) electrons. The maximum absolute atomic E-state index is 6.13. The van der Waals surface area contributed by atoms with Crippen LogP contribution in [-0.4, -0.2) is 14.1 Å². The molecule has 0 aliphatic rings. The minimum Gasteiger partial charge on any atom is -0.376 e. The Bertz CT molecular complexity index is 550. The molecular formula is C15H17ClN2. The normalized spacial score (nSPS) is 10.2. The molecule has 2 aromatic carbocycles. The zero-order valence-corrected chi connectivity index (χ0v) is 11.6. The summed E-state index contributed by atoms with van der Waals surface area (Å²) in [5.74, 6) is 0. The molecule has 0 amide bonds. The van der Waals surface area contributed by atoms with Crippen LogP contribution in [0.2, 0.25) is 5.02 Å². The van der Waals surface area contributed by atoms with Crippen LogP contribution in [0.15, 0.2) is 42.5 Å². The van der Waals surface area contributed by atoms with Crippen molar-refractivity contribution in [3.05, 3.63) is 53.1 Å². The summed E-state index contributed by atoms with van der Waals surface area (Å²) >= 11 is 6.13. The number of para-hydroxylation sites is 2. The Morgan fingerprint density at radius 1 is 0.944 bits per heavy atom. The van der Waals surface area contributed by atoms with E-state index in [9.17, 15) is 0 Å². The molecule has 0 heterocycles. The predicted octanol–water partition coefficient (Wildman–Crippen LogP) is 4.46. The molecule has 94 valence electrons. The Balaban J connectivity index is 2.37. The molecule has 1 N–H and O–H groups in total. The molecule has 2 aromatic rings. The number of hydrogen-bond acceptors (Lipinski definition) is 2. The average molecular weight is 261 g/mol. The van der Waals surface area contributed by atoms with Gasteiger partial charge in [0.1, 0.15) is 0 Å². The number of halogens is 1. The quantitative estimate of drug-likeness (QED) is 0.877. The van der Waals surface area contributed by atoms with Crippen molar-refractivity contribution in [1.29, 1.82) is 0 Å². The van der Waals surface area contributed by atoms with Crippen LogP contribution >= 0.6 is 11.6 Å². The third kappa shape index (κ3) is 2.59. The first-order valence-corrected chi connectivity index (χ1v) is 6.26. The fraction of sp³-hybridized carbons (Fsp3) is 0.200. The van der Waals surface area contributed by atoms with Crippen LogP contribution in [0.1, 0.15) is 5.56 Å². The van der Waals surface area contributed by atoms with Gasteiger partial charge in [0.15, 0.2) is 0 Å². The molecule has 0 aromatic heterocycles. The highest BCUT2D eigenvalue weighted by molar-refractivity contribution is 6.31. The van der Waals surface area contributed by atoms with E-state index in [1.807, 2.05) is 51.4 Å². The molecular weight excluding hydrogens is 244 g/mol. The second-order valence-electron chi connectivity index (χ2n) is 4.45. The zero-order valence-electron chi connectivity index (χ0n) is 10.9. The van der Waals surface area contributed by atoms with Crippen LogP contribution in [0, 0.1) is 6.92 Å². The Morgan fingerprint density at radius 2 is 1.61 bits per heavy atom. The number of nitrogens with one attached hydrogen (secondary N) is 1. The lowest BCUT2D eigenvalue weighted by molar-refractivity contribution is 1.13. The van der Waals surface area contributed by atoms with Crippen LogP contribution in [-0.2, 0) is 0 Å². The van der Waals surface area contributed by atoms with Gasteiger partial charge in [-0.1, -0.05) is 29.8 Å². The SMILES string of the molecule is Cc1c(Cl)cccc1Nc1ccccc1N(C)C. The van der Waals surface area contributed by atoms with Gasteiger partial charge in [0.25, 0.3) is 0 Å². The Morgan fingerprint density at radius 3 is 2.33 bits per heavy atom. The van der Waals surface area contributed by atoms with Crippen molar-refractivity contribution in [2.45, 2.75) is 6.92 Å². The largest absolute Gasteiger partial charge is 0.376 e. The summed E-state index contributed by atoms with van der Waals surface area (Å²) in [4.78, 5) is 2.09. The van der Waals surface area contributed by atoms with Crippen molar-refractivity contribution >= 4 is 28.7 Å². The molecule has 0 fully saturated rings. The van der Waals surface area contributed by atoms with Crippen LogP contribution < -0.4 is 10.2 Å². The van der Waals surface area contributed by atoms with Gasteiger partial charge in [0.2, 0.25) is 0 Å². The molecule has 3 heteroatoms. The van der Waals surface area contributed by atoms with Crippen molar-refractivity contribution in [2.75, 3.05) is 24.3 Å². The third-order valence-electron chi connectivity index (χ3n) is 2.92. The molecule has 0 aliphatic heterocycles. The summed E-state index contributed by atoms with van der Waals surface area (Å²) in [6.07, 6.45) is 0. The van der Waals surface area contributed by atoms with E-state index in [1.54, 1.807) is 0 Å². The standard InChI is InChI=1S/C15H17ClN2/c1-11-12(16)7-6-9-13(11)17-14-8-4-5-10-15(14)18(2)3/h4-10,17H,1-3H3. The highest BCUT2D eigenvalue weighted by atomic mass is 35.5. The van der Waals surface area contributed by atoms with Crippen molar-refractivity contribution in [3.63, 3.8) is 0 Å². The number of nitrogens with zero attached hydrogens (tertiary/aromatic N) is 1. The smallest absolute Gasteiger partial charge is 0.0621 e. The van der Waals surface area contributed by atoms with Gasteiger partial charge < -0.3 is 10.2 Å². The van der Waals surface area contributed by atoms with Gasteiger partial charge in [-0.25, -0.2) is 0 Å². The first-order valence-electron chi connectivity index (χ1n) is 5.88. The topological polar surface area (TPSA) is 15.3 Å². The molecule has 0 aliphatic carbocycles. The van der Waals surface area contributed by atoms with Crippen LogP contribution in [0.5, 0.6) is 0 Å². The summed E-state index contributed by atoms with van der Waals surface area (Å²) in [6, 6.07) is 14.1. The van der Waals surface area contributed by atoms with E-state index in [0.717, 1.165) is 27.6 Å². The van der Waals surface area contributed by atoms with E-state index >= 15 is 0 Å². The summed E-state index contributed by atoms with van der Waals surface area (Å²) in [6.45, 7) is 2.02. The van der Waals surface area contributed by atoms with Crippen molar-refractivity contribution in [2.24, 2.45) is 0 Å². The second kappa shape index (κ2) is 5.32. The van der Waals surface area contributed by atoms with Crippen molar-refractivity contribution in [1.82, 2.24) is 0 Å². The predicted molar refractivity (Wildman–Crippen MR) is 80.2 cm³/mol. The fourth-order valence-electron chi connectivity index (χ4n) is 1.86. The molecule has 0 saturated carbocycles. The fourth-order valence-corrected chi connectivity index (χ4v) is 2.03. The second-order valence-corrected chi connectivity index (χ2v) is 4.86. The number of anilines is 3. The van der Waals surface area contributed by atoms with Gasteiger partial charge >= 0.3 is 0 Å². The highest BCUT2D eigenvalue weighted by Crippen LogP contribution is 2.30. The minimum atomic E-state index is 0.780. The average Bonchev–Trinajstić information content (AvgIpc) is 2.35. The Hall–Kier alpha value is -1.67. The summed E-state index contributed by atoms with van der Waals surface area (Å²) in [5.41, 5.74) is 4.33. The van der Waals surface area contributed by atoms with Gasteiger partial charge in [-0.3, -0.25) is 0 Å². The van der Waals surface area contributed by atoms with Gasteiger partial charge in [0, 0.05) is 24.8 Å². The summed E-state index contributed by atoms with van der Waals surface area (Å²) < 4.78 is 0. The van der Waals surface area contributed by atoms with E-state index in [-0.39, 0.29) is 0 Å². The van der Waals surface area contributed by atoms with Crippen LogP contribution in [0.25, 0.3) is 0 Å². The van der Waals surface area contributed by atoms with E-state index in [0.29, 0.717) is 0 Å². The lowest BCUT2D eigenvalue weighted by atomic mass is 10.2. The van der Waals surface area contributed by atoms with Gasteiger partial charge in [-0.15, -0.1) is 0 Å². The Labute approximate surface area is 113 Å². The monoisotopic (exact) mass is 260 g/mol. The Kier molecular flexibility index (Phi) is 3.78. The van der Waals surface area contributed by atoms with E-state index < -0.39 is 0 Å². The summed E-state index contributed by atoms with van der Waals surface area (Å²) in [5, 5.41) is 4.22. The molecule has 0 saturated heterocycles. The molecule has 0 spiro atoms. The molecule has 2 nitrogen and oxygen atoms in total. The third-order valence-corrected chi connectivity index (χ3v) is 3.33. The molecule has 18 heavy (non-hydrogen) atoms. The van der Waals surface area contributed by atoms with E-state index in [4.69, 9.17) is 11.6 Å². The molecule has 0 atom stereocenters. The first kappa shape index (κ1) is 12.8. The van der Waals surface area contributed by atoms with E-state index in [1.165, 1.54) is 0 Å². The van der Waals surface area contributed by atoms with Crippen LogP contribution in [0.3, 0.4) is 0 Å². The number of hydrogen-bond donors (Lipinski definition) is 1. The highest BCUT2D eigenvalue weighted by Gasteiger charge is 2.06. The maximum Gasteiger partial charge on any atom is 0.0621 e. The molecule has 2 rings (SSSR count). The van der Waals surface area contributed by atoms with Gasteiger partial charge in [-0.05, 0) is 36.8 Å². The van der Waals surface area contributed by atoms with Crippen LogP contribution in [0.4, 0.5) is 17.1 Å². The minimum absolute atomic E-state index is 0.780. The number of benzene rings is 2. The first-order chi connectivity index (χ1) is 8.59. The summed E-state index contributed by atoms with van der Waals surface area (Å²) in [7, 11) is 4.07. The maximum atomic E-state index is 6.13. The van der Waals surface area contributed by atoms with Gasteiger partial charge in [-0.2, -0.15) is 0 Å². The number of rotatable bonds is 3. The zero-order chi connectivity index (χ0) is 13.1.